The van der Waals surface area contributed by atoms with Gasteiger partial charge in [0, 0.05) is 19.1 Å². The number of rotatable bonds is 4. The second-order valence-corrected chi connectivity index (χ2v) is 6.83. The molecular weight excluding hydrogens is 303 g/mol. The molecule has 3 nitrogen and oxygen atoms in total. The predicted molar refractivity (Wildman–Crippen MR) is 85.7 cm³/mol. The first-order chi connectivity index (χ1) is 10.6. The maximum absolute atomic E-state index is 13.2. The summed E-state index contributed by atoms with van der Waals surface area (Å²) in [7, 11) is 0. The molecule has 3 rings (SSSR count). The molecule has 1 aliphatic carbocycles. The molecule has 0 aromatic heterocycles. The SMILES string of the molecule is O=C(NC[C@H]1CCN(C2CCCC2)C1)c1cc(F)ccc1Cl. The van der Waals surface area contributed by atoms with Crippen LogP contribution < -0.4 is 5.32 Å². The Morgan fingerprint density at radius 2 is 2.09 bits per heavy atom. The van der Waals surface area contributed by atoms with Crippen molar-refractivity contribution in [2.45, 2.75) is 38.1 Å². The summed E-state index contributed by atoms with van der Waals surface area (Å²) in [6, 6.07) is 4.62. The minimum atomic E-state index is -0.442. The molecule has 1 N–H and O–H groups in total. The first-order valence-corrected chi connectivity index (χ1v) is 8.48. The van der Waals surface area contributed by atoms with Crippen molar-refractivity contribution in [3.8, 4) is 0 Å². The summed E-state index contributed by atoms with van der Waals surface area (Å²) in [5.41, 5.74) is 0.215. The van der Waals surface area contributed by atoms with Crippen LogP contribution in [0.25, 0.3) is 0 Å². The molecule has 1 aromatic carbocycles. The van der Waals surface area contributed by atoms with Gasteiger partial charge in [0.15, 0.2) is 0 Å². The summed E-state index contributed by atoms with van der Waals surface area (Å²) in [4.78, 5) is 14.7. The molecule has 1 aromatic rings. The van der Waals surface area contributed by atoms with Crippen molar-refractivity contribution in [1.29, 1.82) is 0 Å². The largest absolute Gasteiger partial charge is 0.352 e. The van der Waals surface area contributed by atoms with Gasteiger partial charge < -0.3 is 10.2 Å². The van der Waals surface area contributed by atoms with Crippen molar-refractivity contribution in [1.82, 2.24) is 10.2 Å². The molecule has 2 fully saturated rings. The second-order valence-electron chi connectivity index (χ2n) is 6.42. The van der Waals surface area contributed by atoms with Crippen LogP contribution in [0.15, 0.2) is 18.2 Å². The molecule has 1 saturated heterocycles. The Morgan fingerprint density at radius 3 is 2.86 bits per heavy atom. The molecule has 1 saturated carbocycles. The highest BCUT2D eigenvalue weighted by Crippen LogP contribution is 2.28. The van der Waals surface area contributed by atoms with Gasteiger partial charge in [-0.25, -0.2) is 4.39 Å². The first-order valence-electron chi connectivity index (χ1n) is 8.11. The minimum Gasteiger partial charge on any atom is -0.352 e. The molecule has 0 radical (unpaired) electrons. The number of benzene rings is 1. The molecule has 1 aliphatic heterocycles. The van der Waals surface area contributed by atoms with Crippen molar-refractivity contribution < 1.29 is 9.18 Å². The van der Waals surface area contributed by atoms with Gasteiger partial charge in [-0.2, -0.15) is 0 Å². The Labute approximate surface area is 135 Å². The summed E-state index contributed by atoms with van der Waals surface area (Å²) in [5.74, 6) is -0.247. The molecule has 0 bridgehead atoms. The maximum Gasteiger partial charge on any atom is 0.252 e. The van der Waals surface area contributed by atoms with E-state index >= 15 is 0 Å². The van der Waals surface area contributed by atoms with Gasteiger partial charge in [0.25, 0.3) is 5.91 Å². The number of hydrogen-bond acceptors (Lipinski definition) is 2. The van der Waals surface area contributed by atoms with E-state index in [9.17, 15) is 9.18 Å². The highest BCUT2D eigenvalue weighted by Gasteiger charge is 2.30. The molecule has 22 heavy (non-hydrogen) atoms. The number of carbonyl (C=O) groups excluding carboxylic acids is 1. The third kappa shape index (κ3) is 3.61. The molecule has 2 aliphatic rings. The lowest BCUT2D eigenvalue weighted by Crippen LogP contribution is -2.34. The molecule has 1 heterocycles. The van der Waals surface area contributed by atoms with E-state index in [-0.39, 0.29) is 16.5 Å². The van der Waals surface area contributed by atoms with Gasteiger partial charge in [-0.3, -0.25) is 4.79 Å². The van der Waals surface area contributed by atoms with Gasteiger partial charge in [0.1, 0.15) is 5.82 Å². The molecule has 120 valence electrons. The van der Waals surface area contributed by atoms with Crippen LogP contribution in [0, 0.1) is 11.7 Å². The zero-order valence-corrected chi connectivity index (χ0v) is 13.4. The highest BCUT2D eigenvalue weighted by atomic mass is 35.5. The van der Waals surface area contributed by atoms with Gasteiger partial charge in [-0.05, 0) is 49.9 Å². The number of carbonyl (C=O) groups is 1. The molecule has 1 amide bonds. The average molecular weight is 325 g/mol. The minimum absolute atomic E-state index is 0.215. The van der Waals surface area contributed by atoms with E-state index in [2.05, 4.69) is 10.2 Å². The van der Waals surface area contributed by atoms with Crippen LogP contribution in [0.4, 0.5) is 4.39 Å². The van der Waals surface area contributed by atoms with E-state index in [1.165, 1.54) is 43.9 Å². The van der Waals surface area contributed by atoms with Crippen LogP contribution in [0.1, 0.15) is 42.5 Å². The number of likely N-dealkylation sites (tertiary alicyclic amines) is 1. The number of hydrogen-bond donors (Lipinski definition) is 1. The zero-order chi connectivity index (χ0) is 15.5. The van der Waals surface area contributed by atoms with Crippen molar-refractivity contribution in [2.75, 3.05) is 19.6 Å². The Kier molecular flexibility index (Phi) is 4.99. The normalized spacial score (nSPS) is 23.1. The van der Waals surface area contributed by atoms with Gasteiger partial charge in [-0.1, -0.05) is 24.4 Å². The topological polar surface area (TPSA) is 32.3 Å². The molecule has 1 atom stereocenters. The van der Waals surface area contributed by atoms with Gasteiger partial charge >= 0.3 is 0 Å². The second kappa shape index (κ2) is 6.97. The zero-order valence-electron chi connectivity index (χ0n) is 12.7. The third-order valence-electron chi connectivity index (χ3n) is 4.88. The van der Waals surface area contributed by atoms with E-state index in [0.29, 0.717) is 12.5 Å². The Bertz CT molecular complexity index is 545. The molecular formula is C17H22ClFN2O. The standard InChI is InChI=1S/C17H22ClFN2O/c18-16-6-5-13(19)9-15(16)17(22)20-10-12-7-8-21(11-12)14-3-1-2-4-14/h5-6,9,12,14H,1-4,7-8,10-11H2,(H,20,22)/t12-/m1/s1. The van der Waals surface area contributed by atoms with Gasteiger partial charge in [0.2, 0.25) is 0 Å². The molecule has 5 heteroatoms. The highest BCUT2D eigenvalue weighted by molar-refractivity contribution is 6.33. The number of amides is 1. The lowest BCUT2D eigenvalue weighted by atomic mass is 10.1. The average Bonchev–Trinajstić information content (AvgIpc) is 3.17. The van der Waals surface area contributed by atoms with Crippen LogP contribution in [0.2, 0.25) is 5.02 Å². The van der Waals surface area contributed by atoms with Crippen molar-refractivity contribution >= 4 is 17.5 Å². The third-order valence-corrected chi connectivity index (χ3v) is 5.21. The van der Waals surface area contributed by atoms with Gasteiger partial charge in [-0.15, -0.1) is 0 Å². The fraction of sp³-hybridized carbons (Fsp3) is 0.588. The lowest BCUT2D eigenvalue weighted by Gasteiger charge is -2.23. The Morgan fingerprint density at radius 1 is 1.32 bits per heavy atom. The van der Waals surface area contributed by atoms with Crippen molar-refractivity contribution in [2.24, 2.45) is 5.92 Å². The quantitative estimate of drug-likeness (QED) is 0.919. The smallest absolute Gasteiger partial charge is 0.252 e. The fourth-order valence-corrected chi connectivity index (χ4v) is 3.84. The van der Waals surface area contributed by atoms with Crippen molar-refractivity contribution in [3.05, 3.63) is 34.6 Å². The molecule has 0 unspecified atom stereocenters. The Balaban J connectivity index is 1.50. The number of nitrogens with one attached hydrogen (secondary N) is 1. The van der Waals surface area contributed by atoms with E-state index < -0.39 is 5.82 Å². The fourth-order valence-electron chi connectivity index (χ4n) is 3.63. The lowest BCUT2D eigenvalue weighted by molar-refractivity contribution is 0.0946. The summed E-state index contributed by atoms with van der Waals surface area (Å²) in [6.07, 6.45) is 6.45. The van der Waals surface area contributed by atoms with E-state index in [1.807, 2.05) is 0 Å². The molecule has 0 spiro atoms. The predicted octanol–water partition coefficient (Wildman–Crippen LogP) is 3.47. The van der Waals surface area contributed by atoms with E-state index in [0.717, 1.165) is 25.6 Å². The van der Waals surface area contributed by atoms with Crippen LogP contribution >= 0.6 is 11.6 Å². The summed E-state index contributed by atoms with van der Waals surface area (Å²) < 4.78 is 13.2. The van der Waals surface area contributed by atoms with Crippen LogP contribution in [0.3, 0.4) is 0 Å². The maximum atomic E-state index is 13.2. The Hall–Kier alpha value is -1.13. The van der Waals surface area contributed by atoms with Gasteiger partial charge in [0.05, 0.1) is 10.6 Å². The monoisotopic (exact) mass is 324 g/mol. The van der Waals surface area contributed by atoms with Crippen LogP contribution in [-0.4, -0.2) is 36.5 Å². The van der Waals surface area contributed by atoms with Crippen LogP contribution in [0.5, 0.6) is 0 Å². The van der Waals surface area contributed by atoms with Crippen LogP contribution in [-0.2, 0) is 0 Å². The van der Waals surface area contributed by atoms with Crippen molar-refractivity contribution in [3.63, 3.8) is 0 Å². The number of halogens is 2. The number of nitrogens with zero attached hydrogens (tertiary/aromatic N) is 1. The van der Waals surface area contributed by atoms with E-state index in [4.69, 9.17) is 11.6 Å². The summed E-state index contributed by atoms with van der Waals surface area (Å²) in [6.45, 7) is 2.82. The first kappa shape index (κ1) is 15.8. The summed E-state index contributed by atoms with van der Waals surface area (Å²) in [5, 5.41) is 3.19. The van der Waals surface area contributed by atoms with E-state index in [1.54, 1.807) is 0 Å². The summed E-state index contributed by atoms with van der Waals surface area (Å²) >= 11 is 5.96.